The van der Waals surface area contributed by atoms with Gasteiger partial charge in [0.05, 0.1) is 0 Å². The zero-order chi connectivity index (χ0) is 17.5. The maximum atomic E-state index is 12.0. The van der Waals surface area contributed by atoms with Crippen LogP contribution in [0, 0.1) is 13.8 Å². The van der Waals surface area contributed by atoms with Gasteiger partial charge in [0.2, 0.25) is 0 Å². The van der Waals surface area contributed by atoms with E-state index in [4.69, 9.17) is 9.47 Å². The minimum absolute atomic E-state index is 0.243. The smallest absolute Gasteiger partial charge is 0.344 e. The molecule has 126 valence electrons. The Morgan fingerprint density at radius 1 is 1.04 bits per heavy atom. The topological polar surface area (TPSA) is 64.6 Å². The summed E-state index contributed by atoms with van der Waals surface area (Å²) < 4.78 is 10.6. The van der Waals surface area contributed by atoms with Gasteiger partial charge in [-0.2, -0.15) is 0 Å². The molecule has 0 saturated heterocycles. The molecule has 2 aromatic rings. The summed E-state index contributed by atoms with van der Waals surface area (Å²) in [6, 6.07) is 14.6. The third kappa shape index (κ3) is 4.84. The Morgan fingerprint density at radius 3 is 2.46 bits per heavy atom. The molecule has 0 radical (unpaired) electrons. The van der Waals surface area contributed by atoms with Crippen molar-refractivity contribution in [2.75, 3.05) is 11.9 Å². The predicted octanol–water partition coefficient (Wildman–Crippen LogP) is 3.25. The standard InChI is InChI=1S/C19H21NO4/c1-13-8-7-11-17(14(13)2)23-12-18(21)24-15(3)19(22)20-16-9-5-4-6-10-16/h4-11,15H,12H2,1-3H3,(H,20,22)/t15-/m1/s1. The van der Waals surface area contributed by atoms with Gasteiger partial charge < -0.3 is 14.8 Å². The predicted molar refractivity (Wildman–Crippen MR) is 92.0 cm³/mol. The molecule has 0 spiro atoms. The Hall–Kier alpha value is -2.82. The third-order valence-electron chi connectivity index (χ3n) is 3.62. The van der Waals surface area contributed by atoms with Crippen molar-refractivity contribution < 1.29 is 19.1 Å². The first-order chi connectivity index (χ1) is 11.5. The maximum absolute atomic E-state index is 12.0. The molecular weight excluding hydrogens is 306 g/mol. The van der Waals surface area contributed by atoms with Crippen LogP contribution in [0.25, 0.3) is 0 Å². The molecule has 5 nitrogen and oxygen atoms in total. The quantitative estimate of drug-likeness (QED) is 0.827. The lowest BCUT2D eigenvalue weighted by atomic mass is 10.1. The number of esters is 1. The molecule has 0 aliphatic carbocycles. The molecule has 1 atom stereocenters. The van der Waals surface area contributed by atoms with Crippen LogP contribution in [0.4, 0.5) is 5.69 Å². The Bertz CT molecular complexity index is 713. The first-order valence-corrected chi connectivity index (χ1v) is 7.72. The van der Waals surface area contributed by atoms with E-state index in [2.05, 4.69) is 5.32 Å². The highest BCUT2D eigenvalue weighted by Crippen LogP contribution is 2.20. The van der Waals surface area contributed by atoms with Gasteiger partial charge in [-0.05, 0) is 50.1 Å². The van der Waals surface area contributed by atoms with Crippen LogP contribution < -0.4 is 10.1 Å². The lowest BCUT2D eigenvalue weighted by Gasteiger charge is -2.14. The summed E-state index contributed by atoms with van der Waals surface area (Å²) in [4.78, 5) is 23.8. The molecule has 5 heteroatoms. The number of carbonyl (C=O) groups is 2. The fourth-order valence-corrected chi connectivity index (χ4v) is 2.07. The number of hydrogen-bond donors (Lipinski definition) is 1. The molecule has 24 heavy (non-hydrogen) atoms. The second kappa shape index (κ2) is 8.15. The van der Waals surface area contributed by atoms with Crippen LogP contribution in [0.1, 0.15) is 18.1 Å². The summed E-state index contributed by atoms with van der Waals surface area (Å²) in [5.74, 6) is -0.346. The highest BCUT2D eigenvalue weighted by Gasteiger charge is 2.18. The van der Waals surface area contributed by atoms with Crippen molar-refractivity contribution >= 4 is 17.6 Å². The van der Waals surface area contributed by atoms with E-state index in [0.29, 0.717) is 11.4 Å². The van der Waals surface area contributed by atoms with Crippen LogP contribution >= 0.6 is 0 Å². The fourth-order valence-electron chi connectivity index (χ4n) is 2.07. The highest BCUT2D eigenvalue weighted by molar-refractivity contribution is 5.95. The van der Waals surface area contributed by atoms with Crippen LogP contribution in [0.5, 0.6) is 5.75 Å². The van der Waals surface area contributed by atoms with E-state index in [1.165, 1.54) is 6.92 Å². The molecule has 2 aromatic carbocycles. The number of hydrogen-bond acceptors (Lipinski definition) is 4. The van der Waals surface area contributed by atoms with Crippen LogP contribution in [-0.2, 0) is 14.3 Å². The molecule has 0 saturated carbocycles. The number of ether oxygens (including phenoxy) is 2. The Kier molecular flexibility index (Phi) is 5.95. The van der Waals surface area contributed by atoms with Gasteiger partial charge in [0, 0.05) is 5.69 Å². The number of amides is 1. The average molecular weight is 327 g/mol. The minimum atomic E-state index is -0.903. The summed E-state index contributed by atoms with van der Waals surface area (Å²) in [5, 5.41) is 2.68. The van der Waals surface area contributed by atoms with Gasteiger partial charge in [0.15, 0.2) is 12.7 Å². The number of carbonyl (C=O) groups excluding carboxylic acids is 2. The van der Waals surface area contributed by atoms with Gasteiger partial charge in [-0.1, -0.05) is 30.3 Å². The van der Waals surface area contributed by atoms with Gasteiger partial charge in [-0.25, -0.2) is 4.79 Å². The Morgan fingerprint density at radius 2 is 1.75 bits per heavy atom. The Labute approximate surface area is 141 Å². The maximum Gasteiger partial charge on any atom is 0.344 e. The molecule has 2 rings (SSSR count). The third-order valence-corrected chi connectivity index (χ3v) is 3.62. The minimum Gasteiger partial charge on any atom is -0.482 e. The first kappa shape index (κ1) is 17.5. The number of para-hydroxylation sites is 1. The molecule has 0 unspecified atom stereocenters. The molecule has 0 aliphatic heterocycles. The summed E-state index contributed by atoms with van der Waals surface area (Å²) in [5.41, 5.74) is 2.70. The number of rotatable bonds is 6. The van der Waals surface area contributed by atoms with E-state index < -0.39 is 12.1 Å². The molecule has 0 fully saturated rings. The van der Waals surface area contributed by atoms with Crippen molar-refractivity contribution in [3.05, 3.63) is 59.7 Å². The van der Waals surface area contributed by atoms with E-state index in [1.807, 2.05) is 44.2 Å². The average Bonchev–Trinajstić information content (AvgIpc) is 2.57. The van der Waals surface area contributed by atoms with Crippen LogP contribution in [0.15, 0.2) is 48.5 Å². The second-order valence-electron chi connectivity index (χ2n) is 5.47. The number of anilines is 1. The molecule has 0 bridgehead atoms. The van der Waals surface area contributed by atoms with Crippen LogP contribution in [-0.4, -0.2) is 24.6 Å². The summed E-state index contributed by atoms with van der Waals surface area (Å²) in [6.07, 6.45) is -0.903. The van der Waals surface area contributed by atoms with Gasteiger partial charge in [-0.3, -0.25) is 4.79 Å². The van der Waals surface area contributed by atoms with E-state index in [-0.39, 0.29) is 12.5 Å². The van der Waals surface area contributed by atoms with Crippen molar-refractivity contribution in [3.63, 3.8) is 0 Å². The number of aryl methyl sites for hydroxylation is 1. The summed E-state index contributed by atoms with van der Waals surface area (Å²) in [7, 11) is 0. The number of nitrogens with one attached hydrogen (secondary N) is 1. The van der Waals surface area contributed by atoms with E-state index in [0.717, 1.165) is 11.1 Å². The van der Waals surface area contributed by atoms with Crippen molar-refractivity contribution in [3.8, 4) is 5.75 Å². The lowest BCUT2D eigenvalue weighted by molar-refractivity contribution is -0.155. The SMILES string of the molecule is Cc1cccc(OCC(=O)O[C@H](C)C(=O)Nc2ccccc2)c1C. The highest BCUT2D eigenvalue weighted by atomic mass is 16.6. The lowest BCUT2D eigenvalue weighted by Crippen LogP contribution is -2.31. The molecule has 0 heterocycles. The van der Waals surface area contributed by atoms with E-state index in [1.54, 1.807) is 18.2 Å². The summed E-state index contributed by atoms with van der Waals surface area (Å²) in [6.45, 7) is 5.17. The van der Waals surface area contributed by atoms with Gasteiger partial charge in [-0.15, -0.1) is 0 Å². The molecule has 1 N–H and O–H groups in total. The van der Waals surface area contributed by atoms with Crippen molar-refractivity contribution in [1.82, 2.24) is 0 Å². The zero-order valence-corrected chi connectivity index (χ0v) is 14.0. The second-order valence-corrected chi connectivity index (χ2v) is 5.47. The first-order valence-electron chi connectivity index (χ1n) is 7.72. The largest absolute Gasteiger partial charge is 0.482 e. The summed E-state index contributed by atoms with van der Waals surface area (Å²) >= 11 is 0. The molecule has 0 aliphatic rings. The van der Waals surface area contributed by atoms with E-state index >= 15 is 0 Å². The van der Waals surface area contributed by atoms with Crippen LogP contribution in [0.3, 0.4) is 0 Å². The van der Waals surface area contributed by atoms with Gasteiger partial charge in [0.25, 0.3) is 5.91 Å². The van der Waals surface area contributed by atoms with Gasteiger partial charge >= 0.3 is 5.97 Å². The van der Waals surface area contributed by atoms with Gasteiger partial charge in [0.1, 0.15) is 5.75 Å². The van der Waals surface area contributed by atoms with Crippen molar-refractivity contribution in [1.29, 1.82) is 0 Å². The van der Waals surface area contributed by atoms with E-state index in [9.17, 15) is 9.59 Å². The molecular formula is C19H21NO4. The fraction of sp³-hybridized carbons (Fsp3) is 0.263. The van der Waals surface area contributed by atoms with Crippen molar-refractivity contribution in [2.45, 2.75) is 26.9 Å². The Balaban J connectivity index is 1.83. The van der Waals surface area contributed by atoms with Crippen molar-refractivity contribution in [2.24, 2.45) is 0 Å². The molecule has 0 aromatic heterocycles. The van der Waals surface area contributed by atoms with Crippen LogP contribution in [0.2, 0.25) is 0 Å². The monoisotopic (exact) mass is 327 g/mol. The molecule has 1 amide bonds. The number of benzene rings is 2. The zero-order valence-electron chi connectivity index (χ0n) is 14.0. The normalized spacial score (nSPS) is 11.5.